The fraction of sp³-hybridized carbons (Fsp3) is 0.429. The lowest BCUT2D eigenvalue weighted by Crippen LogP contribution is -2.11. The summed E-state index contributed by atoms with van der Waals surface area (Å²) < 4.78 is 24.2. The van der Waals surface area contributed by atoms with Crippen molar-refractivity contribution in [1.82, 2.24) is 0 Å². The number of hydrogen-bond donors (Lipinski definition) is 0. The Kier molecular flexibility index (Phi) is 4.86. The van der Waals surface area contributed by atoms with Crippen LogP contribution < -0.4 is 4.74 Å². The quantitative estimate of drug-likeness (QED) is 0.620. The highest BCUT2D eigenvalue weighted by atomic mass is 35.5. The first-order chi connectivity index (χ1) is 8.78. The maximum atomic E-state index is 13.4. The minimum atomic E-state index is -0.353. The fourth-order valence-electron chi connectivity index (χ4n) is 1.78. The number of alkyl halides is 1. The standard InChI is InChI=1S/C14H14ClFO2/c15-4-1-2-11-6-13(16)8-14(7-11)18-10-12-3-5-17-9-12/h6-8,12H,3-5,9-10H2. The molecule has 0 amide bonds. The SMILES string of the molecule is Fc1cc(C#CCCl)cc(OCC2CCOC2)c1. The van der Waals surface area contributed by atoms with E-state index in [2.05, 4.69) is 11.8 Å². The molecular formula is C14H14ClFO2. The molecular weight excluding hydrogens is 255 g/mol. The molecule has 1 saturated heterocycles. The molecule has 1 aromatic carbocycles. The van der Waals surface area contributed by atoms with Gasteiger partial charge in [-0.25, -0.2) is 4.39 Å². The molecule has 0 aliphatic carbocycles. The lowest BCUT2D eigenvalue weighted by molar-refractivity contribution is 0.167. The smallest absolute Gasteiger partial charge is 0.128 e. The Balaban J connectivity index is 2.00. The summed E-state index contributed by atoms with van der Waals surface area (Å²) in [6, 6.07) is 4.45. The van der Waals surface area contributed by atoms with Crippen LogP contribution in [0.1, 0.15) is 12.0 Å². The third-order valence-corrected chi connectivity index (χ3v) is 2.81. The van der Waals surface area contributed by atoms with Crippen molar-refractivity contribution in [3.05, 3.63) is 29.6 Å². The van der Waals surface area contributed by atoms with E-state index in [9.17, 15) is 4.39 Å². The maximum absolute atomic E-state index is 13.4. The van der Waals surface area contributed by atoms with Crippen molar-refractivity contribution in [3.63, 3.8) is 0 Å². The molecule has 0 aromatic heterocycles. The normalized spacial score (nSPS) is 18.2. The fourth-order valence-corrected chi connectivity index (χ4v) is 1.85. The Bertz CT molecular complexity index is 459. The van der Waals surface area contributed by atoms with Crippen molar-refractivity contribution in [2.45, 2.75) is 6.42 Å². The first-order valence-corrected chi connectivity index (χ1v) is 6.37. The van der Waals surface area contributed by atoms with Gasteiger partial charge in [0.15, 0.2) is 0 Å². The van der Waals surface area contributed by atoms with Crippen LogP contribution in [-0.2, 0) is 4.74 Å². The van der Waals surface area contributed by atoms with Crippen molar-refractivity contribution in [2.75, 3.05) is 25.7 Å². The Hall–Kier alpha value is -1.24. The van der Waals surface area contributed by atoms with Crippen LogP contribution in [0.5, 0.6) is 5.75 Å². The van der Waals surface area contributed by atoms with Crippen LogP contribution in [0.4, 0.5) is 4.39 Å². The van der Waals surface area contributed by atoms with Gasteiger partial charge in [-0.15, -0.1) is 11.6 Å². The van der Waals surface area contributed by atoms with Gasteiger partial charge in [-0.1, -0.05) is 11.8 Å². The van der Waals surface area contributed by atoms with Gasteiger partial charge in [-0.2, -0.15) is 0 Å². The summed E-state index contributed by atoms with van der Waals surface area (Å²) in [5.74, 6) is 6.24. The van der Waals surface area contributed by atoms with Crippen LogP contribution in [0.2, 0.25) is 0 Å². The van der Waals surface area contributed by atoms with E-state index in [0.717, 1.165) is 13.0 Å². The molecule has 0 bridgehead atoms. The highest BCUT2D eigenvalue weighted by molar-refractivity contribution is 6.19. The molecule has 1 aliphatic rings. The zero-order valence-electron chi connectivity index (χ0n) is 9.92. The lowest BCUT2D eigenvalue weighted by atomic mass is 10.1. The molecule has 4 heteroatoms. The minimum Gasteiger partial charge on any atom is -0.493 e. The van der Waals surface area contributed by atoms with E-state index in [1.54, 1.807) is 6.07 Å². The van der Waals surface area contributed by atoms with Gasteiger partial charge in [0.25, 0.3) is 0 Å². The van der Waals surface area contributed by atoms with E-state index < -0.39 is 0 Å². The minimum absolute atomic E-state index is 0.228. The van der Waals surface area contributed by atoms with E-state index in [1.165, 1.54) is 12.1 Å². The molecule has 0 saturated carbocycles. The second-order valence-corrected chi connectivity index (χ2v) is 4.42. The molecule has 96 valence electrons. The maximum Gasteiger partial charge on any atom is 0.128 e. The zero-order chi connectivity index (χ0) is 12.8. The highest BCUT2D eigenvalue weighted by Crippen LogP contribution is 2.19. The van der Waals surface area contributed by atoms with Gasteiger partial charge < -0.3 is 9.47 Å². The molecule has 2 rings (SSSR count). The summed E-state index contributed by atoms with van der Waals surface area (Å²) in [6.45, 7) is 2.05. The molecule has 1 heterocycles. The molecule has 1 fully saturated rings. The molecule has 2 nitrogen and oxygen atoms in total. The second kappa shape index (κ2) is 6.63. The summed E-state index contributed by atoms with van der Waals surface area (Å²) >= 11 is 5.47. The van der Waals surface area contributed by atoms with E-state index in [-0.39, 0.29) is 11.7 Å². The summed E-state index contributed by atoms with van der Waals surface area (Å²) in [6.07, 6.45) is 0.994. The average molecular weight is 269 g/mol. The number of rotatable bonds is 3. The summed E-state index contributed by atoms with van der Waals surface area (Å²) in [7, 11) is 0. The number of benzene rings is 1. The Morgan fingerprint density at radius 3 is 3.06 bits per heavy atom. The number of ether oxygens (including phenoxy) is 2. The predicted molar refractivity (Wildman–Crippen MR) is 68.4 cm³/mol. The number of hydrogen-bond acceptors (Lipinski definition) is 2. The van der Waals surface area contributed by atoms with E-state index in [0.29, 0.717) is 30.4 Å². The van der Waals surface area contributed by atoms with E-state index >= 15 is 0 Å². The van der Waals surface area contributed by atoms with Gasteiger partial charge in [0.1, 0.15) is 11.6 Å². The molecule has 0 N–H and O–H groups in total. The Labute approximate surface area is 111 Å². The molecule has 0 radical (unpaired) electrons. The average Bonchev–Trinajstić information content (AvgIpc) is 2.86. The molecule has 18 heavy (non-hydrogen) atoms. The monoisotopic (exact) mass is 268 g/mol. The van der Waals surface area contributed by atoms with Crippen molar-refractivity contribution in [3.8, 4) is 17.6 Å². The van der Waals surface area contributed by atoms with E-state index in [4.69, 9.17) is 21.1 Å². The van der Waals surface area contributed by atoms with Gasteiger partial charge in [-0.05, 0) is 18.6 Å². The summed E-state index contributed by atoms with van der Waals surface area (Å²) in [4.78, 5) is 0. The lowest BCUT2D eigenvalue weighted by Gasteiger charge is -2.10. The zero-order valence-corrected chi connectivity index (χ0v) is 10.7. The predicted octanol–water partition coefficient (Wildman–Crippen LogP) is 2.83. The van der Waals surface area contributed by atoms with Crippen LogP contribution in [0.3, 0.4) is 0 Å². The van der Waals surface area contributed by atoms with Gasteiger partial charge in [-0.3, -0.25) is 0 Å². The molecule has 1 unspecified atom stereocenters. The van der Waals surface area contributed by atoms with Gasteiger partial charge in [0, 0.05) is 24.2 Å². The van der Waals surface area contributed by atoms with Crippen LogP contribution in [-0.4, -0.2) is 25.7 Å². The topological polar surface area (TPSA) is 18.5 Å². The highest BCUT2D eigenvalue weighted by Gasteiger charge is 2.16. The van der Waals surface area contributed by atoms with Crippen molar-refractivity contribution < 1.29 is 13.9 Å². The first-order valence-electron chi connectivity index (χ1n) is 5.84. The molecule has 0 spiro atoms. The first kappa shape index (κ1) is 13.2. The number of halogens is 2. The third kappa shape index (κ3) is 3.90. The third-order valence-electron chi connectivity index (χ3n) is 2.68. The largest absolute Gasteiger partial charge is 0.493 e. The second-order valence-electron chi connectivity index (χ2n) is 4.15. The van der Waals surface area contributed by atoms with Crippen molar-refractivity contribution >= 4 is 11.6 Å². The van der Waals surface area contributed by atoms with Crippen LogP contribution in [0.25, 0.3) is 0 Å². The van der Waals surface area contributed by atoms with Crippen LogP contribution in [0, 0.1) is 23.6 Å². The summed E-state index contributed by atoms with van der Waals surface area (Å²) in [5.41, 5.74) is 0.577. The molecule has 1 aromatic rings. The van der Waals surface area contributed by atoms with E-state index in [1.807, 2.05) is 0 Å². The van der Waals surface area contributed by atoms with Crippen molar-refractivity contribution in [1.29, 1.82) is 0 Å². The van der Waals surface area contributed by atoms with Gasteiger partial charge >= 0.3 is 0 Å². The molecule has 1 atom stereocenters. The van der Waals surface area contributed by atoms with Crippen LogP contribution >= 0.6 is 11.6 Å². The Morgan fingerprint density at radius 1 is 1.44 bits per heavy atom. The molecule has 1 aliphatic heterocycles. The summed E-state index contributed by atoms with van der Waals surface area (Å²) in [5, 5.41) is 0. The van der Waals surface area contributed by atoms with Crippen molar-refractivity contribution in [2.24, 2.45) is 5.92 Å². The Morgan fingerprint density at radius 2 is 2.33 bits per heavy atom. The van der Waals surface area contributed by atoms with Gasteiger partial charge in [0.05, 0.1) is 19.1 Å². The van der Waals surface area contributed by atoms with Crippen LogP contribution in [0.15, 0.2) is 18.2 Å². The van der Waals surface area contributed by atoms with Gasteiger partial charge in [0.2, 0.25) is 0 Å².